The van der Waals surface area contributed by atoms with Crippen LogP contribution in [0.5, 0.6) is 0 Å². The first-order valence-electron chi connectivity index (χ1n) is 7.25. The number of aromatic nitrogens is 1. The Morgan fingerprint density at radius 2 is 2.35 bits per heavy atom. The zero-order valence-corrected chi connectivity index (χ0v) is 13.1. The number of carboxylic acids is 1. The van der Waals surface area contributed by atoms with E-state index in [1.807, 2.05) is 4.90 Å². The molecule has 0 bridgehead atoms. The van der Waals surface area contributed by atoms with E-state index >= 15 is 0 Å². The predicted octanol–water partition coefficient (Wildman–Crippen LogP) is 0.520. The first kappa shape index (κ1) is 17.1. The molecular formula is C14H20N4O5. The topological polar surface area (TPSA) is 109 Å². The largest absolute Gasteiger partial charge is 0.480 e. The van der Waals surface area contributed by atoms with Gasteiger partial charge in [-0.15, -0.1) is 0 Å². The Kier molecular flexibility index (Phi) is 5.45. The fraction of sp³-hybridized carbons (Fsp3) is 0.571. The highest BCUT2D eigenvalue weighted by atomic mass is 16.6. The molecule has 1 saturated heterocycles. The van der Waals surface area contributed by atoms with E-state index in [-0.39, 0.29) is 18.3 Å². The van der Waals surface area contributed by atoms with Crippen LogP contribution in [0.1, 0.15) is 5.69 Å². The number of nitro groups is 1. The number of anilines is 1. The van der Waals surface area contributed by atoms with Crippen molar-refractivity contribution in [3.05, 3.63) is 27.9 Å². The summed E-state index contributed by atoms with van der Waals surface area (Å²) in [6.45, 7) is 3.77. The summed E-state index contributed by atoms with van der Waals surface area (Å²) in [6.07, 6.45) is -0.134. The monoisotopic (exact) mass is 324 g/mol. The number of carboxylic acid groups (broad SMARTS) is 1. The molecule has 0 aromatic carbocycles. The second kappa shape index (κ2) is 7.34. The molecule has 1 atom stereocenters. The molecule has 1 aromatic heterocycles. The Balaban J connectivity index is 2.02. The van der Waals surface area contributed by atoms with Crippen LogP contribution in [0, 0.1) is 17.0 Å². The Bertz CT molecular complexity index is 595. The third-order valence-corrected chi connectivity index (χ3v) is 3.62. The van der Waals surface area contributed by atoms with E-state index in [1.165, 1.54) is 6.07 Å². The minimum absolute atomic E-state index is 0.000231. The highest BCUT2D eigenvalue weighted by Crippen LogP contribution is 2.22. The van der Waals surface area contributed by atoms with E-state index in [0.717, 1.165) is 0 Å². The molecule has 0 saturated carbocycles. The van der Waals surface area contributed by atoms with Crippen molar-refractivity contribution < 1.29 is 19.6 Å². The lowest BCUT2D eigenvalue weighted by atomic mass is 10.2. The number of likely N-dealkylation sites (N-methyl/N-ethyl adjacent to an activating group) is 1. The maximum atomic E-state index is 10.8. The number of carbonyl (C=O) groups is 1. The van der Waals surface area contributed by atoms with Gasteiger partial charge >= 0.3 is 5.97 Å². The van der Waals surface area contributed by atoms with Crippen molar-refractivity contribution in [3.8, 4) is 0 Å². The first-order valence-corrected chi connectivity index (χ1v) is 7.25. The predicted molar refractivity (Wildman–Crippen MR) is 82.7 cm³/mol. The van der Waals surface area contributed by atoms with E-state index in [2.05, 4.69) is 4.98 Å². The number of morpholine rings is 1. The van der Waals surface area contributed by atoms with Crippen LogP contribution in [0.4, 0.5) is 11.5 Å². The molecule has 9 nitrogen and oxygen atoms in total. The summed E-state index contributed by atoms with van der Waals surface area (Å²) in [4.78, 5) is 29.1. The van der Waals surface area contributed by atoms with Crippen LogP contribution in [-0.2, 0) is 9.53 Å². The SMILES string of the molecule is Cc1nc(N2CCOC(CN(C)CC(=O)O)C2)ccc1[N+](=O)[O-]. The molecule has 1 N–H and O–H groups in total. The van der Waals surface area contributed by atoms with Gasteiger partial charge in [-0.25, -0.2) is 4.98 Å². The maximum Gasteiger partial charge on any atom is 0.317 e. The Morgan fingerprint density at radius 3 is 2.96 bits per heavy atom. The van der Waals surface area contributed by atoms with Gasteiger partial charge in [-0.3, -0.25) is 19.8 Å². The minimum Gasteiger partial charge on any atom is -0.480 e. The summed E-state index contributed by atoms with van der Waals surface area (Å²) in [6, 6.07) is 3.09. The van der Waals surface area contributed by atoms with E-state index in [4.69, 9.17) is 9.84 Å². The molecule has 1 unspecified atom stereocenters. The van der Waals surface area contributed by atoms with Gasteiger partial charge in [0.25, 0.3) is 5.69 Å². The molecule has 1 aromatic rings. The standard InChI is InChI=1S/C14H20N4O5/c1-10-12(18(21)22)3-4-13(15-10)17-5-6-23-11(8-17)7-16(2)9-14(19)20/h3-4,11H,5-9H2,1-2H3,(H,19,20). The van der Waals surface area contributed by atoms with Crippen LogP contribution < -0.4 is 4.90 Å². The fourth-order valence-corrected chi connectivity index (χ4v) is 2.59. The Labute approximate surface area is 133 Å². The van der Waals surface area contributed by atoms with Crippen molar-refractivity contribution in [2.75, 3.05) is 44.7 Å². The van der Waals surface area contributed by atoms with E-state index in [1.54, 1.807) is 24.9 Å². The second-order valence-electron chi connectivity index (χ2n) is 5.56. The van der Waals surface area contributed by atoms with E-state index < -0.39 is 10.9 Å². The van der Waals surface area contributed by atoms with Crippen LogP contribution in [-0.4, -0.2) is 71.8 Å². The van der Waals surface area contributed by atoms with Gasteiger partial charge in [-0.2, -0.15) is 0 Å². The third-order valence-electron chi connectivity index (χ3n) is 3.62. The summed E-state index contributed by atoms with van der Waals surface area (Å²) < 4.78 is 5.66. The summed E-state index contributed by atoms with van der Waals surface area (Å²) in [7, 11) is 1.73. The van der Waals surface area contributed by atoms with Gasteiger partial charge < -0.3 is 14.7 Å². The molecule has 2 heterocycles. The van der Waals surface area contributed by atoms with Crippen molar-refractivity contribution in [2.24, 2.45) is 0 Å². The van der Waals surface area contributed by atoms with Gasteiger partial charge in [0.2, 0.25) is 0 Å². The highest BCUT2D eigenvalue weighted by molar-refractivity contribution is 5.69. The number of rotatable bonds is 6. The molecular weight excluding hydrogens is 304 g/mol. The maximum absolute atomic E-state index is 10.8. The Morgan fingerprint density at radius 1 is 1.61 bits per heavy atom. The van der Waals surface area contributed by atoms with Crippen LogP contribution in [0.25, 0.3) is 0 Å². The van der Waals surface area contributed by atoms with Crippen molar-refractivity contribution in [3.63, 3.8) is 0 Å². The third kappa shape index (κ3) is 4.60. The summed E-state index contributed by atoms with van der Waals surface area (Å²) in [5.41, 5.74) is 0.373. The lowest BCUT2D eigenvalue weighted by Gasteiger charge is -2.35. The number of ether oxygens (including phenoxy) is 1. The number of aryl methyl sites for hydroxylation is 1. The average Bonchev–Trinajstić information content (AvgIpc) is 2.46. The molecule has 0 amide bonds. The second-order valence-corrected chi connectivity index (χ2v) is 5.56. The van der Waals surface area contributed by atoms with Gasteiger partial charge in [0.15, 0.2) is 0 Å². The minimum atomic E-state index is -0.882. The van der Waals surface area contributed by atoms with Crippen LogP contribution in [0.2, 0.25) is 0 Å². The van der Waals surface area contributed by atoms with Gasteiger partial charge in [0.05, 0.1) is 24.2 Å². The van der Waals surface area contributed by atoms with Crippen LogP contribution in [0.3, 0.4) is 0 Å². The molecule has 1 aliphatic rings. The van der Waals surface area contributed by atoms with Crippen molar-refractivity contribution in [1.29, 1.82) is 0 Å². The highest BCUT2D eigenvalue weighted by Gasteiger charge is 2.24. The van der Waals surface area contributed by atoms with Crippen LogP contribution in [0.15, 0.2) is 12.1 Å². The average molecular weight is 324 g/mol. The fourth-order valence-electron chi connectivity index (χ4n) is 2.59. The molecule has 1 aliphatic heterocycles. The Hall–Kier alpha value is -2.26. The lowest BCUT2D eigenvalue weighted by Crippen LogP contribution is -2.48. The number of aliphatic carboxylic acids is 1. The van der Waals surface area contributed by atoms with Crippen molar-refractivity contribution in [1.82, 2.24) is 9.88 Å². The molecule has 9 heteroatoms. The van der Waals surface area contributed by atoms with E-state index in [0.29, 0.717) is 37.8 Å². The molecule has 0 aliphatic carbocycles. The lowest BCUT2D eigenvalue weighted by molar-refractivity contribution is -0.385. The van der Waals surface area contributed by atoms with Crippen molar-refractivity contribution in [2.45, 2.75) is 13.0 Å². The summed E-state index contributed by atoms with van der Waals surface area (Å²) in [5, 5.41) is 19.6. The van der Waals surface area contributed by atoms with E-state index in [9.17, 15) is 14.9 Å². The molecule has 23 heavy (non-hydrogen) atoms. The first-order chi connectivity index (χ1) is 10.9. The molecule has 1 fully saturated rings. The smallest absolute Gasteiger partial charge is 0.317 e. The molecule has 0 spiro atoms. The number of pyridine rings is 1. The quantitative estimate of drug-likeness (QED) is 0.596. The van der Waals surface area contributed by atoms with Gasteiger partial charge in [0, 0.05) is 25.7 Å². The summed E-state index contributed by atoms with van der Waals surface area (Å²) in [5.74, 6) is -0.213. The zero-order valence-electron chi connectivity index (χ0n) is 13.1. The zero-order chi connectivity index (χ0) is 17.0. The number of nitrogens with zero attached hydrogens (tertiary/aromatic N) is 4. The number of hydrogen-bond donors (Lipinski definition) is 1. The summed E-state index contributed by atoms with van der Waals surface area (Å²) >= 11 is 0. The van der Waals surface area contributed by atoms with Gasteiger partial charge in [0.1, 0.15) is 11.5 Å². The van der Waals surface area contributed by atoms with Gasteiger partial charge in [-0.05, 0) is 20.0 Å². The van der Waals surface area contributed by atoms with Crippen molar-refractivity contribution >= 4 is 17.5 Å². The molecule has 2 rings (SSSR count). The normalized spacial score (nSPS) is 18.2. The van der Waals surface area contributed by atoms with Gasteiger partial charge in [-0.1, -0.05) is 0 Å². The molecule has 126 valence electrons. The van der Waals surface area contributed by atoms with Crippen LogP contribution >= 0.6 is 0 Å². The molecule has 0 radical (unpaired) electrons. The number of hydrogen-bond acceptors (Lipinski definition) is 7.